The van der Waals surface area contributed by atoms with Gasteiger partial charge in [0, 0.05) is 44.6 Å². The molecule has 0 spiro atoms. The van der Waals surface area contributed by atoms with Crippen LogP contribution in [0.5, 0.6) is 0 Å². The monoisotopic (exact) mass is 568 g/mol. The van der Waals surface area contributed by atoms with Gasteiger partial charge >= 0.3 is 12.1 Å². The first kappa shape index (κ1) is 29.4. The number of amides is 1. The number of aliphatic carboxylic acids is 1. The molecule has 1 aromatic carbocycles. The number of carboxylic acids is 1. The molecule has 3 aliphatic rings. The number of hydrogen-bond acceptors (Lipinski definition) is 4. The van der Waals surface area contributed by atoms with E-state index in [1.165, 1.54) is 12.1 Å². The van der Waals surface area contributed by atoms with E-state index >= 15 is 0 Å². The average molecular weight is 569 g/mol. The minimum atomic E-state index is -4.42. The fourth-order valence-corrected chi connectivity index (χ4v) is 6.02. The lowest BCUT2D eigenvalue weighted by molar-refractivity contribution is -0.148. The number of halogens is 4. The molecule has 2 aromatic rings. The van der Waals surface area contributed by atoms with E-state index < -0.39 is 23.1 Å². The summed E-state index contributed by atoms with van der Waals surface area (Å²) in [5.74, 6) is -1.02. The van der Waals surface area contributed by atoms with E-state index in [1.54, 1.807) is 31.0 Å². The summed E-state index contributed by atoms with van der Waals surface area (Å²) in [7, 11) is 0. The molecule has 11 heteroatoms. The number of piperidine rings is 1. The quantitative estimate of drug-likeness (QED) is 0.472. The van der Waals surface area contributed by atoms with E-state index in [0.29, 0.717) is 25.1 Å². The standard InChI is InChI=1S/C28H35F3N4O3.ClH/c1-27(2,26(37)38)17-33-12-10-20(11-13-33)35-24(18-7-8-18)22(15-32-35)25(36)34-14-9-19(16-34)21-5-3-4-6-23(21)28(29,30)31;/h3-6,15,18-20H,7-14,16-17H2,1-2H3,(H,37,38);1H/t19-;/m1./s1. The minimum Gasteiger partial charge on any atom is -0.481 e. The summed E-state index contributed by atoms with van der Waals surface area (Å²) in [4.78, 5) is 29.0. The van der Waals surface area contributed by atoms with Gasteiger partial charge in [-0.3, -0.25) is 14.3 Å². The van der Waals surface area contributed by atoms with Crippen LogP contribution in [-0.2, 0) is 11.0 Å². The topological polar surface area (TPSA) is 78.7 Å². The zero-order valence-corrected chi connectivity index (χ0v) is 23.1. The number of carbonyl (C=O) groups excluding carboxylic acids is 1. The lowest BCUT2D eigenvalue weighted by Gasteiger charge is -2.36. The van der Waals surface area contributed by atoms with Gasteiger partial charge in [0.05, 0.1) is 34.5 Å². The number of aromatic nitrogens is 2. The summed E-state index contributed by atoms with van der Waals surface area (Å²) in [6, 6.07) is 5.81. The summed E-state index contributed by atoms with van der Waals surface area (Å²) >= 11 is 0. The SMILES string of the molecule is CC(C)(CN1CCC(n2ncc(C(=O)N3CC[C@@H](c4ccccc4C(F)(F)F)C3)c2C2CC2)CC1)C(=O)O.Cl. The number of rotatable bonds is 7. The van der Waals surface area contributed by atoms with Crippen molar-refractivity contribution < 1.29 is 27.9 Å². The van der Waals surface area contributed by atoms with E-state index in [-0.39, 0.29) is 48.3 Å². The number of carboxylic acid groups (broad SMARTS) is 1. The molecule has 3 fully saturated rings. The minimum absolute atomic E-state index is 0. The highest BCUT2D eigenvalue weighted by molar-refractivity contribution is 5.95. The van der Waals surface area contributed by atoms with Crippen molar-refractivity contribution in [3.63, 3.8) is 0 Å². The predicted molar refractivity (Wildman–Crippen MR) is 142 cm³/mol. The molecule has 0 bridgehead atoms. The Balaban J connectivity index is 0.00000353. The van der Waals surface area contributed by atoms with Crippen molar-refractivity contribution in [2.24, 2.45) is 5.41 Å². The number of alkyl halides is 3. The summed E-state index contributed by atoms with van der Waals surface area (Å²) in [6.45, 7) is 6.18. The molecule has 1 N–H and O–H groups in total. The zero-order valence-electron chi connectivity index (χ0n) is 22.3. The van der Waals surface area contributed by atoms with Crippen molar-refractivity contribution >= 4 is 24.3 Å². The van der Waals surface area contributed by atoms with Crippen LogP contribution >= 0.6 is 12.4 Å². The van der Waals surface area contributed by atoms with E-state index in [0.717, 1.165) is 50.5 Å². The smallest absolute Gasteiger partial charge is 0.416 e. The Kier molecular flexibility index (Phi) is 8.38. The third kappa shape index (κ3) is 6.11. The molecular weight excluding hydrogens is 533 g/mol. The first-order valence-corrected chi connectivity index (χ1v) is 13.4. The second kappa shape index (κ2) is 11.1. The summed E-state index contributed by atoms with van der Waals surface area (Å²) < 4.78 is 42.7. The Bertz CT molecular complexity index is 1200. The van der Waals surface area contributed by atoms with Crippen molar-refractivity contribution in [2.45, 2.75) is 70.0 Å². The molecule has 0 unspecified atom stereocenters. The normalized spacial score (nSPS) is 21.2. The predicted octanol–water partition coefficient (Wildman–Crippen LogP) is 5.58. The maximum absolute atomic E-state index is 13.6. The Morgan fingerprint density at radius 1 is 1.00 bits per heavy atom. The van der Waals surface area contributed by atoms with E-state index in [2.05, 4.69) is 10.00 Å². The van der Waals surface area contributed by atoms with Gasteiger partial charge in [0.1, 0.15) is 0 Å². The zero-order chi connectivity index (χ0) is 27.2. The van der Waals surface area contributed by atoms with Gasteiger partial charge in [-0.05, 0) is 57.6 Å². The molecule has 2 saturated heterocycles. The van der Waals surface area contributed by atoms with Crippen LogP contribution in [0.3, 0.4) is 0 Å². The molecule has 7 nitrogen and oxygen atoms in total. The molecule has 0 radical (unpaired) electrons. The molecule has 1 saturated carbocycles. The van der Waals surface area contributed by atoms with Gasteiger partial charge in [-0.2, -0.15) is 18.3 Å². The highest BCUT2D eigenvalue weighted by Crippen LogP contribution is 2.44. The fourth-order valence-electron chi connectivity index (χ4n) is 6.02. The summed E-state index contributed by atoms with van der Waals surface area (Å²) in [5, 5.41) is 14.1. The van der Waals surface area contributed by atoms with Crippen LogP contribution in [0.1, 0.15) is 91.0 Å². The Morgan fingerprint density at radius 2 is 1.67 bits per heavy atom. The number of carbonyl (C=O) groups is 2. The first-order valence-electron chi connectivity index (χ1n) is 13.4. The highest BCUT2D eigenvalue weighted by atomic mass is 35.5. The maximum atomic E-state index is 13.6. The molecule has 2 aliphatic heterocycles. The van der Waals surface area contributed by atoms with Crippen LogP contribution in [0.25, 0.3) is 0 Å². The fraction of sp³-hybridized carbons (Fsp3) is 0.607. The number of nitrogens with zero attached hydrogens (tertiary/aromatic N) is 4. The van der Waals surface area contributed by atoms with Crippen LogP contribution in [0, 0.1) is 5.41 Å². The highest BCUT2D eigenvalue weighted by Gasteiger charge is 2.40. The van der Waals surface area contributed by atoms with Gasteiger partial charge in [-0.15, -0.1) is 12.4 Å². The van der Waals surface area contributed by atoms with Crippen molar-refractivity contribution in [1.29, 1.82) is 0 Å². The van der Waals surface area contributed by atoms with E-state index in [4.69, 9.17) is 0 Å². The van der Waals surface area contributed by atoms with Gasteiger partial charge in [0.15, 0.2) is 0 Å². The summed E-state index contributed by atoms with van der Waals surface area (Å²) in [6.07, 6.45) is 1.37. The lowest BCUT2D eigenvalue weighted by Crippen LogP contribution is -2.43. The molecule has 1 aliphatic carbocycles. The first-order chi connectivity index (χ1) is 18.0. The van der Waals surface area contributed by atoms with Crippen LogP contribution in [0.2, 0.25) is 0 Å². The number of benzene rings is 1. The lowest BCUT2D eigenvalue weighted by atomic mass is 9.91. The molecular formula is C28H36ClF3N4O3. The second-order valence-corrected chi connectivity index (χ2v) is 11.7. The molecule has 3 heterocycles. The molecule has 1 aromatic heterocycles. The van der Waals surface area contributed by atoms with Gasteiger partial charge in [-0.1, -0.05) is 18.2 Å². The Hall–Kier alpha value is -2.59. The molecule has 1 amide bonds. The van der Waals surface area contributed by atoms with Gasteiger partial charge in [-0.25, -0.2) is 0 Å². The summed E-state index contributed by atoms with van der Waals surface area (Å²) in [5.41, 5.74) is 0.353. The van der Waals surface area contributed by atoms with E-state index in [9.17, 15) is 27.9 Å². The third-order valence-corrected chi connectivity index (χ3v) is 8.31. The molecule has 1 atom stereocenters. The number of likely N-dealkylation sites (tertiary alicyclic amines) is 2. The van der Waals surface area contributed by atoms with Crippen LogP contribution in [0.15, 0.2) is 30.5 Å². The molecule has 39 heavy (non-hydrogen) atoms. The third-order valence-electron chi connectivity index (χ3n) is 8.31. The van der Waals surface area contributed by atoms with Crippen LogP contribution in [-0.4, -0.2) is 69.3 Å². The van der Waals surface area contributed by atoms with Gasteiger partial charge in [0.25, 0.3) is 5.91 Å². The second-order valence-electron chi connectivity index (χ2n) is 11.7. The largest absolute Gasteiger partial charge is 0.481 e. The Labute approximate surface area is 232 Å². The van der Waals surface area contributed by atoms with E-state index in [1.807, 2.05) is 4.68 Å². The molecule has 5 rings (SSSR count). The van der Waals surface area contributed by atoms with Crippen molar-refractivity contribution in [3.05, 3.63) is 52.8 Å². The van der Waals surface area contributed by atoms with Crippen molar-refractivity contribution in [1.82, 2.24) is 19.6 Å². The average Bonchev–Trinajstić information content (AvgIpc) is 3.41. The van der Waals surface area contributed by atoms with Gasteiger partial charge < -0.3 is 14.9 Å². The maximum Gasteiger partial charge on any atom is 0.416 e. The molecule has 214 valence electrons. The Morgan fingerprint density at radius 3 is 2.28 bits per heavy atom. The van der Waals surface area contributed by atoms with Crippen molar-refractivity contribution in [2.75, 3.05) is 32.7 Å². The number of hydrogen-bond donors (Lipinski definition) is 1. The van der Waals surface area contributed by atoms with Crippen molar-refractivity contribution in [3.8, 4) is 0 Å². The van der Waals surface area contributed by atoms with Crippen LogP contribution in [0.4, 0.5) is 13.2 Å². The van der Waals surface area contributed by atoms with Crippen LogP contribution < -0.4 is 0 Å². The van der Waals surface area contributed by atoms with Gasteiger partial charge in [0.2, 0.25) is 0 Å².